The predicted molar refractivity (Wildman–Crippen MR) is 97.4 cm³/mol. The summed E-state index contributed by atoms with van der Waals surface area (Å²) in [7, 11) is 2.58. The Hall–Kier alpha value is -0.350. The molecule has 0 N–H and O–H groups in total. The van der Waals surface area contributed by atoms with Crippen LogP contribution in [0.5, 0.6) is 0 Å². The highest BCUT2D eigenvalue weighted by atomic mass is 31.0. The summed E-state index contributed by atoms with van der Waals surface area (Å²) in [5, 5.41) is 0. The van der Waals surface area contributed by atoms with Gasteiger partial charge in [0.05, 0.1) is 0 Å². The molecule has 114 valence electrons. The van der Waals surface area contributed by atoms with Gasteiger partial charge in [-0.15, -0.1) is 9.24 Å². The summed E-state index contributed by atoms with van der Waals surface area (Å²) < 4.78 is 0. The van der Waals surface area contributed by atoms with Gasteiger partial charge in [-0.05, 0) is 31.5 Å². The summed E-state index contributed by atoms with van der Waals surface area (Å²) in [6, 6.07) is 8.90. The van der Waals surface area contributed by atoms with Crippen molar-refractivity contribution in [3.63, 3.8) is 0 Å². The normalized spacial score (nSPS) is 9.26. The zero-order valence-electron chi connectivity index (χ0n) is 12.5. The van der Waals surface area contributed by atoms with E-state index in [0.29, 0.717) is 0 Å². The van der Waals surface area contributed by atoms with Crippen molar-refractivity contribution < 1.29 is 1.43 Å². The molecule has 1 aromatic rings. The van der Waals surface area contributed by atoms with E-state index in [1.165, 1.54) is 62.2 Å². The Morgan fingerprint density at radius 3 is 2.16 bits per heavy atom. The maximum atomic E-state index is 2.58. The van der Waals surface area contributed by atoms with Crippen LogP contribution >= 0.6 is 9.24 Å². The molecule has 0 amide bonds. The third-order valence-corrected chi connectivity index (χ3v) is 2.90. The number of hydrogen-bond donors (Lipinski definition) is 0. The summed E-state index contributed by atoms with van der Waals surface area (Å²) in [5.41, 5.74) is 2.89. The van der Waals surface area contributed by atoms with E-state index in [1.807, 2.05) is 0 Å². The molecule has 1 heteroatoms. The monoisotopic (exact) mass is 284 g/mol. The first-order valence-corrected chi connectivity index (χ1v) is 8.31. The van der Waals surface area contributed by atoms with Gasteiger partial charge in [0.2, 0.25) is 0 Å². The molecule has 1 unspecified atom stereocenters. The number of hydrogen-bond acceptors (Lipinski definition) is 0. The van der Waals surface area contributed by atoms with Crippen LogP contribution in [0.3, 0.4) is 0 Å². The molecule has 1 atom stereocenters. The average molecular weight is 284 g/mol. The van der Waals surface area contributed by atoms with Gasteiger partial charge in [0, 0.05) is 1.43 Å². The van der Waals surface area contributed by atoms with Crippen molar-refractivity contribution in [3.05, 3.63) is 35.4 Å². The van der Waals surface area contributed by atoms with Gasteiger partial charge in [-0.2, -0.15) is 0 Å². The van der Waals surface area contributed by atoms with Crippen molar-refractivity contribution in [1.29, 1.82) is 0 Å². The van der Waals surface area contributed by atoms with Crippen molar-refractivity contribution in [2.45, 2.75) is 73.1 Å². The molecule has 19 heavy (non-hydrogen) atoms. The fourth-order valence-corrected chi connectivity index (χ4v) is 1.98. The molecule has 0 aliphatic carbocycles. The predicted octanol–water partition coefficient (Wildman–Crippen LogP) is 6.66. The Labute approximate surface area is 126 Å². The van der Waals surface area contributed by atoms with Crippen LogP contribution in [-0.4, -0.2) is 6.16 Å². The Morgan fingerprint density at radius 2 is 1.58 bits per heavy atom. The van der Waals surface area contributed by atoms with Crippen molar-refractivity contribution in [1.82, 2.24) is 0 Å². The SMILES string of the molecule is C.CCCCCCCCc1cccc(C)c1.CCP.[HH]. The van der Waals surface area contributed by atoms with Gasteiger partial charge < -0.3 is 0 Å². The lowest BCUT2D eigenvalue weighted by Gasteiger charge is -2.02. The highest BCUT2D eigenvalue weighted by Gasteiger charge is 1.94. The molecule has 0 saturated carbocycles. The van der Waals surface area contributed by atoms with E-state index in [1.54, 1.807) is 0 Å². The lowest BCUT2D eigenvalue weighted by atomic mass is 10.0. The summed E-state index contributed by atoms with van der Waals surface area (Å²) >= 11 is 0. The van der Waals surface area contributed by atoms with E-state index < -0.39 is 0 Å². The van der Waals surface area contributed by atoms with Gasteiger partial charge >= 0.3 is 0 Å². The minimum absolute atomic E-state index is 0. The van der Waals surface area contributed by atoms with E-state index in [2.05, 4.69) is 54.3 Å². The molecule has 0 spiro atoms. The third-order valence-electron chi connectivity index (χ3n) is 2.90. The van der Waals surface area contributed by atoms with Gasteiger partial charge in [-0.1, -0.05) is 83.2 Å². The van der Waals surface area contributed by atoms with Crippen LogP contribution in [0.15, 0.2) is 24.3 Å². The lowest BCUT2D eigenvalue weighted by Crippen LogP contribution is -1.86. The molecular weight excluding hydrogens is 247 g/mol. The Kier molecular flexibility index (Phi) is 17.3. The summed E-state index contributed by atoms with van der Waals surface area (Å²) in [4.78, 5) is 0. The molecule has 0 nitrogen and oxygen atoms in total. The minimum Gasteiger partial charge on any atom is -0.138 e. The summed E-state index contributed by atoms with van der Waals surface area (Å²) in [5.74, 6) is 0. The quantitative estimate of drug-likeness (QED) is 0.388. The van der Waals surface area contributed by atoms with Gasteiger partial charge in [-0.25, -0.2) is 0 Å². The molecule has 0 fully saturated rings. The van der Waals surface area contributed by atoms with E-state index in [-0.39, 0.29) is 8.85 Å². The van der Waals surface area contributed by atoms with Crippen LogP contribution in [0, 0.1) is 6.92 Å². The fourth-order valence-electron chi connectivity index (χ4n) is 1.98. The number of benzene rings is 1. The summed E-state index contributed by atoms with van der Waals surface area (Å²) in [6.45, 7) is 6.53. The van der Waals surface area contributed by atoms with Crippen molar-refractivity contribution in [2.75, 3.05) is 6.16 Å². The van der Waals surface area contributed by atoms with E-state index in [0.717, 1.165) is 0 Å². The van der Waals surface area contributed by atoms with Gasteiger partial charge in [-0.3, -0.25) is 0 Å². The second-order valence-corrected chi connectivity index (χ2v) is 5.73. The van der Waals surface area contributed by atoms with Crippen LogP contribution < -0.4 is 0 Å². The second-order valence-electron chi connectivity index (χ2n) is 4.92. The standard InChI is InChI=1S/C15H24.C2H7P.CH4.H2/c1-3-4-5-6-7-8-11-15-12-9-10-14(2)13-15;1-2-3;;/h9-10,12-13H,3-8,11H2,1-2H3;2-3H2,1H3;1H4;1H. The first-order valence-electron chi connectivity index (χ1n) is 7.50. The van der Waals surface area contributed by atoms with Gasteiger partial charge in [0.25, 0.3) is 0 Å². The molecule has 1 rings (SSSR count). The molecular formula is C18H37P. The number of aryl methyl sites for hydroxylation is 2. The number of rotatable bonds is 7. The Balaban J connectivity index is -0.000000530. The van der Waals surface area contributed by atoms with Crippen LogP contribution in [-0.2, 0) is 6.42 Å². The molecule has 0 saturated heterocycles. The molecule has 0 radical (unpaired) electrons. The van der Waals surface area contributed by atoms with E-state index in [4.69, 9.17) is 0 Å². The highest BCUT2D eigenvalue weighted by Crippen LogP contribution is 2.10. The van der Waals surface area contributed by atoms with Crippen LogP contribution in [0.4, 0.5) is 0 Å². The fraction of sp³-hybridized carbons (Fsp3) is 0.667. The molecule has 1 aromatic carbocycles. The number of unbranched alkanes of at least 4 members (excludes halogenated alkanes) is 5. The highest BCUT2D eigenvalue weighted by molar-refractivity contribution is 7.16. The third kappa shape index (κ3) is 13.9. The minimum atomic E-state index is 0. The van der Waals surface area contributed by atoms with E-state index in [9.17, 15) is 0 Å². The largest absolute Gasteiger partial charge is 0.138 e. The molecule has 0 bridgehead atoms. The maximum absolute atomic E-state index is 2.58. The van der Waals surface area contributed by atoms with Crippen LogP contribution in [0.1, 0.15) is 72.4 Å². The van der Waals surface area contributed by atoms with E-state index >= 15 is 0 Å². The Bertz CT molecular complexity index is 287. The van der Waals surface area contributed by atoms with Crippen LogP contribution in [0.25, 0.3) is 0 Å². The van der Waals surface area contributed by atoms with Crippen molar-refractivity contribution >= 4 is 9.24 Å². The average Bonchev–Trinajstić information content (AvgIpc) is 2.35. The molecule has 0 aromatic heterocycles. The smallest absolute Gasteiger partial charge is 0 e. The lowest BCUT2D eigenvalue weighted by molar-refractivity contribution is 0.607. The van der Waals surface area contributed by atoms with Crippen LogP contribution in [0.2, 0.25) is 0 Å². The van der Waals surface area contributed by atoms with Gasteiger partial charge in [0.15, 0.2) is 0 Å². The first-order chi connectivity index (χ1) is 8.74. The maximum Gasteiger partial charge on any atom is 0 e. The Morgan fingerprint density at radius 1 is 1.00 bits per heavy atom. The molecule has 0 aliphatic heterocycles. The summed E-state index contributed by atoms with van der Waals surface area (Å²) in [6.07, 6.45) is 10.8. The first kappa shape index (κ1) is 21.0. The molecule has 0 heterocycles. The zero-order valence-corrected chi connectivity index (χ0v) is 13.7. The topological polar surface area (TPSA) is 0 Å². The zero-order chi connectivity index (χ0) is 13.6. The van der Waals surface area contributed by atoms with Crippen molar-refractivity contribution in [2.24, 2.45) is 0 Å². The van der Waals surface area contributed by atoms with Gasteiger partial charge in [0.1, 0.15) is 0 Å². The van der Waals surface area contributed by atoms with Crippen molar-refractivity contribution in [3.8, 4) is 0 Å². The molecule has 0 aliphatic rings. The second kappa shape index (κ2) is 15.7.